The summed E-state index contributed by atoms with van der Waals surface area (Å²) in [6.07, 6.45) is -3.01. The van der Waals surface area contributed by atoms with Crippen molar-refractivity contribution in [1.82, 2.24) is 14.9 Å². The third-order valence-corrected chi connectivity index (χ3v) is 2.32. The molecule has 0 saturated heterocycles. The Balaban J connectivity index is 2.14. The van der Waals surface area contributed by atoms with Crippen LogP contribution >= 0.6 is 0 Å². The maximum Gasteiger partial charge on any atom is 0.401 e. The average molecular weight is 247 g/mol. The van der Waals surface area contributed by atoms with E-state index in [1.54, 1.807) is 0 Å². The van der Waals surface area contributed by atoms with Crippen LogP contribution in [0.15, 0.2) is 6.20 Å². The Kier molecular flexibility index (Phi) is 2.74. The van der Waals surface area contributed by atoms with Crippen molar-refractivity contribution in [2.75, 3.05) is 6.54 Å². The SMILES string of the molecule is O=C(O)c1ncc2c(n1)CN(CC(F)(F)F)C2. The highest BCUT2D eigenvalue weighted by molar-refractivity contribution is 5.83. The standard InChI is InChI=1S/C9H8F3N3O2/c10-9(11,12)4-15-2-5-1-13-7(8(16)17)14-6(5)3-15/h1H,2-4H2,(H,16,17). The molecular formula is C9H8F3N3O2. The summed E-state index contributed by atoms with van der Waals surface area (Å²) in [5, 5.41) is 8.65. The highest BCUT2D eigenvalue weighted by atomic mass is 19.4. The molecule has 0 fully saturated rings. The minimum absolute atomic E-state index is 0.00234. The van der Waals surface area contributed by atoms with Crippen LogP contribution in [0.25, 0.3) is 0 Å². The lowest BCUT2D eigenvalue weighted by atomic mass is 10.3. The van der Waals surface area contributed by atoms with Crippen LogP contribution in [-0.2, 0) is 13.1 Å². The molecule has 0 unspecified atom stereocenters. The number of nitrogens with zero attached hydrogens (tertiary/aromatic N) is 3. The summed E-state index contributed by atoms with van der Waals surface area (Å²) >= 11 is 0. The van der Waals surface area contributed by atoms with Crippen molar-refractivity contribution in [2.45, 2.75) is 19.3 Å². The molecule has 5 nitrogen and oxygen atoms in total. The zero-order valence-corrected chi connectivity index (χ0v) is 8.53. The lowest BCUT2D eigenvalue weighted by Gasteiger charge is -2.16. The summed E-state index contributed by atoms with van der Waals surface area (Å²) in [7, 11) is 0. The van der Waals surface area contributed by atoms with E-state index in [0.717, 1.165) is 4.90 Å². The maximum absolute atomic E-state index is 12.2. The Morgan fingerprint density at radius 1 is 1.47 bits per heavy atom. The molecule has 1 aromatic rings. The molecule has 2 rings (SSSR count). The number of carboxylic acids is 1. The molecule has 1 N–H and O–H groups in total. The third kappa shape index (κ3) is 2.70. The second-order valence-electron chi connectivity index (χ2n) is 3.73. The second-order valence-corrected chi connectivity index (χ2v) is 3.73. The van der Waals surface area contributed by atoms with Gasteiger partial charge in [0, 0.05) is 24.8 Å². The van der Waals surface area contributed by atoms with Crippen LogP contribution < -0.4 is 0 Å². The summed E-state index contributed by atoms with van der Waals surface area (Å²) in [6.45, 7) is -0.946. The number of alkyl halides is 3. The monoisotopic (exact) mass is 247 g/mol. The van der Waals surface area contributed by atoms with Gasteiger partial charge in [-0.2, -0.15) is 13.2 Å². The van der Waals surface area contributed by atoms with Gasteiger partial charge in [0.15, 0.2) is 0 Å². The average Bonchev–Trinajstić information content (AvgIpc) is 2.54. The Morgan fingerprint density at radius 2 is 2.18 bits per heavy atom. The zero-order chi connectivity index (χ0) is 12.6. The summed E-state index contributed by atoms with van der Waals surface area (Å²) in [5.41, 5.74) is 0.890. The van der Waals surface area contributed by atoms with Crippen molar-refractivity contribution in [2.24, 2.45) is 0 Å². The van der Waals surface area contributed by atoms with Crippen molar-refractivity contribution in [3.63, 3.8) is 0 Å². The van der Waals surface area contributed by atoms with Gasteiger partial charge in [-0.3, -0.25) is 4.90 Å². The van der Waals surface area contributed by atoms with Crippen molar-refractivity contribution >= 4 is 5.97 Å². The molecule has 0 amide bonds. The summed E-state index contributed by atoms with van der Waals surface area (Å²) in [4.78, 5) is 19.0. The number of fused-ring (bicyclic) bond motifs is 1. The zero-order valence-electron chi connectivity index (χ0n) is 8.53. The van der Waals surface area contributed by atoms with Gasteiger partial charge in [-0.1, -0.05) is 0 Å². The molecule has 17 heavy (non-hydrogen) atoms. The molecule has 0 spiro atoms. The first kappa shape index (κ1) is 11.8. The van der Waals surface area contributed by atoms with E-state index in [2.05, 4.69) is 9.97 Å². The number of rotatable bonds is 2. The number of aromatic carboxylic acids is 1. The molecule has 8 heteroatoms. The fourth-order valence-electron chi connectivity index (χ4n) is 1.69. The first-order valence-electron chi connectivity index (χ1n) is 4.72. The van der Waals surface area contributed by atoms with Crippen LogP contribution in [0.3, 0.4) is 0 Å². The predicted molar refractivity (Wildman–Crippen MR) is 49.2 cm³/mol. The summed E-state index contributed by atoms with van der Waals surface area (Å²) < 4.78 is 36.5. The van der Waals surface area contributed by atoms with E-state index >= 15 is 0 Å². The topological polar surface area (TPSA) is 66.3 Å². The largest absolute Gasteiger partial charge is 0.475 e. The van der Waals surface area contributed by atoms with E-state index in [4.69, 9.17) is 5.11 Å². The first-order valence-corrected chi connectivity index (χ1v) is 4.72. The van der Waals surface area contributed by atoms with Crippen molar-refractivity contribution in [3.05, 3.63) is 23.3 Å². The minimum atomic E-state index is -4.27. The van der Waals surface area contributed by atoms with Crippen molar-refractivity contribution in [1.29, 1.82) is 0 Å². The van der Waals surface area contributed by atoms with E-state index in [1.807, 2.05) is 0 Å². The minimum Gasteiger partial charge on any atom is -0.475 e. The van der Waals surface area contributed by atoms with Gasteiger partial charge in [-0.25, -0.2) is 14.8 Å². The van der Waals surface area contributed by atoms with E-state index in [9.17, 15) is 18.0 Å². The van der Waals surface area contributed by atoms with Crippen LogP contribution in [0.2, 0.25) is 0 Å². The molecule has 1 aliphatic rings. The molecule has 92 valence electrons. The van der Waals surface area contributed by atoms with Crippen molar-refractivity contribution < 1.29 is 23.1 Å². The Bertz CT molecular complexity index is 461. The Morgan fingerprint density at radius 3 is 2.76 bits per heavy atom. The molecule has 0 bridgehead atoms. The van der Waals surface area contributed by atoms with Gasteiger partial charge in [0.05, 0.1) is 12.2 Å². The summed E-state index contributed by atoms with van der Waals surface area (Å²) in [6, 6.07) is 0. The Labute approximate surface area is 93.9 Å². The molecule has 1 aliphatic heterocycles. The van der Waals surface area contributed by atoms with Gasteiger partial charge in [-0.05, 0) is 0 Å². The molecular weight excluding hydrogens is 239 g/mol. The number of hydrogen-bond donors (Lipinski definition) is 1. The summed E-state index contributed by atoms with van der Waals surface area (Å²) in [5.74, 6) is -1.68. The van der Waals surface area contributed by atoms with Crippen LogP contribution in [0.5, 0.6) is 0 Å². The molecule has 1 aromatic heterocycles. The van der Waals surface area contributed by atoms with Crippen LogP contribution in [0.1, 0.15) is 21.9 Å². The third-order valence-electron chi connectivity index (χ3n) is 2.32. The molecule has 0 atom stereocenters. The molecule has 2 heterocycles. The van der Waals surface area contributed by atoms with Gasteiger partial charge in [-0.15, -0.1) is 0 Å². The van der Waals surface area contributed by atoms with Gasteiger partial charge >= 0.3 is 12.1 Å². The molecule has 0 aliphatic carbocycles. The Hall–Kier alpha value is -1.70. The fourth-order valence-corrected chi connectivity index (χ4v) is 1.69. The van der Waals surface area contributed by atoms with Crippen LogP contribution in [0, 0.1) is 0 Å². The van der Waals surface area contributed by atoms with E-state index in [0.29, 0.717) is 11.3 Å². The lowest BCUT2D eigenvalue weighted by Crippen LogP contribution is -2.30. The van der Waals surface area contributed by atoms with E-state index in [-0.39, 0.29) is 13.1 Å². The van der Waals surface area contributed by atoms with Crippen LogP contribution in [-0.4, -0.2) is 38.7 Å². The maximum atomic E-state index is 12.2. The predicted octanol–water partition coefficient (Wildman–Crippen LogP) is 1.05. The molecule has 0 aromatic carbocycles. The first-order chi connectivity index (χ1) is 7.85. The van der Waals surface area contributed by atoms with Gasteiger partial charge in [0.1, 0.15) is 0 Å². The fraction of sp³-hybridized carbons (Fsp3) is 0.444. The second kappa shape index (κ2) is 3.95. The number of hydrogen-bond acceptors (Lipinski definition) is 4. The number of carbonyl (C=O) groups is 1. The molecule has 0 saturated carbocycles. The highest BCUT2D eigenvalue weighted by Crippen LogP contribution is 2.25. The number of carboxylic acid groups (broad SMARTS) is 1. The lowest BCUT2D eigenvalue weighted by molar-refractivity contribution is -0.147. The highest BCUT2D eigenvalue weighted by Gasteiger charge is 2.34. The normalized spacial score (nSPS) is 15.9. The van der Waals surface area contributed by atoms with E-state index < -0.39 is 24.5 Å². The molecule has 0 radical (unpaired) electrons. The van der Waals surface area contributed by atoms with Crippen molar-refractivity contribution in [3.8, 4) is 0 Å². The van der Waals surface area contributed by atoms with Gasteiger partial charge < -0.3 is 5.11 Å². The number of aromatic nitrogens is 2. The smallest absolute Gasteiger partial charge is 0.401 e. The number of halogens is 3. The van der Waals surface area contributed by atoms with Gasteiger partial charge in [0.2, 0.25) is 5.82 Å². The van der Waals surface area contributed by atoms with Crippen LogP contribution in [0.4, 0.5) is 13.2 Å². The quantitative estimate of drug-likeness (QED) is 0.846. The van der Waals surface area contributed by atoms with Gasteiger partial charge in [0.25, 0.3) is 0 Å². The van der Waals surface area contributed by atoms with E-state index in [1.165, 1.54) is 6.20 Å².